The third kappa shape index (κ3) is 3.92. The molecular weight excluding hydrogens is 294 g/mol. The van der Waals surface area contributed by atoms with Gasteiger partial charge in [-0.15, -0.1) is 0 Å². The van der Waals surface area contributed by atoms with Crippen molar-refractivity contribution in [2.75, 3.05) is 6.54 Å². The fourth-order valence-corrected chi connectivity index (χ4v) is 2.59. The Balaban J connectivity index is 2.31. The summed E-state index contributed by atoms with van der Waals surface area (Å²) in [6.45, 7) is 8.28. The third-order valence-electron chi connectivity index (χ3n) is 3.88. The highest BCUT2D eigenvalue weighted by Crippen LogP contribution is 2.29. The number of carbonyl (C=O) groups excluding carboxylic acids is 1. The Bertz CT molecular complexity index is 790. The van der Waals surface area contributed by atoms with Gasteiger partial charge in [-0.05, 0) is 49.4 Å². The summed E-state index contributed by atoms with van der Waals surface area (Å²) < 4.78 is 5.28. The maximum absolute atomic E-state index is 12.2. The van der Waals surface area contributed by atoms with Crippen molar-refractivity contribution in [2.24, 2.45) is 5.92 Å². The topological polar surface area (TPSA) is 79.5 Å². The lowest BCUT2D eigenvalue weighted by atomic mass is 10.0. The van der Waals surface area contributed by atoms with E-state index in [4.69, 9.17) is 4.42 Å². The number of carbonyl (C=O) groups is 1. The van der Waals surface area contributed by atoms with E-state index >= 15 is 0 Å². The molecule has 5 heteroatoms. The molecule has 0 unspecified atom stereocenters. The molecule has 0 aliphatic carbocycles. The fourth-order valence-electron chi connectivity index (χ4n) is 2.59. The first-order chi connectivity index (χ1) is 10.8. The van der Waals surface area contributed by atoms with Gasteiger partial charge in [0.2, 0.25) is 5.91 Å². The smallest absolute Gasteiger partial charge is 0.340 e. The summed E-state index contributed by atoms with van der Waals surface area (Å²) >= 11 is 0. The molecule has 0 fully saturated rings. The van der Waals surface area contributed by atoms with Crippen molar-refractivity contribution in [1.29, 1.82) is 0 Å². The van der Waals surface area contributed by atoms with E-state index in [0.29, 0.717) is 34.6 Å². The monoisotopic (exact) mass is 317 g/mol. The Morgan fingerprint density at radius 2 is 2.00 bits per heavy atom. The van der Waals surface area contributed by atoms with Crippen LogP contribution in [0.1, 0.15) is 37.0 Å². The highest BCUT2D eigenvalue weighted by Gasteiger charge is 2.17. The normalized spacial score (nSPS) is 11.2. The number of nitrogens with one attached hydrogen (secondary N) is 1. The van der Waals surface area contributed by atoms with Gasteiger partial charge in [0.15, 0.2) is 0 Å². The molecule has 1 amide bonds. The van der Waals surface area contributed by atoms with Gasteiger partial charge in [0.05, 0.1) is 17.4 Å². The average Bonchev–Trinajstić information content (AvgIpc) is 2.41. The van der Waals surface area contributed by atoms with Crippen molar-refractivity contribution < 1.29 is 14.3 Å². The van der Waals surface area contributed by atoms with Crippen LogP contribution < -0.4 is 10.9 Å². The van der Waals surface area contributed by atoms with Gasteiger partial charge < -0.3 is 14.8 Å². The van der Waals surface area contributed by atoms with Crippen LogP contribution in [-0.2, 0) is 11.2 Å². The number of amides is 1. The molecular formula is C18H23NO4. The molecule has 2 N–H and O–H groups in total. The lowest BCUT2D eigenvalue weighted by Gasteiger charge is -2.11. The molecule has 5 nitrogen and oxygen atoms in total. The van der Waals surface area contributed by atoms with Gasteiger partial charge >= 0.3 is 5.63 Å². The van der Waals surface area contributed by atoms with Crippen LogP contribution in [0, 0.1) is 19.8 Å². The molecule has 23 heavy (non-hydrogen) atoms. The molecule has 2 rings (SSSR count). The number of aromatic hydroxyl groups is 1. The standard InChI is InChI=1S/C18H23NO4/c1-10(2)5-6-19-16(21)9-13-12(4)17-14(20)7-11(3)8-15(17)23-18(13)22/h7-8,10,20H,5-6,9H2,1-4H3,(H,19,21). The van der Waals surface area contributed by atoms with Gasteiger partial charge in [0.25, 0.3) is 0 Å². The van der Waals surface area contributed by atoms with Crippen molar-refractivity contribution in [3.8, 4) is 5.75 Å². The van der Waals surface area contributed by atoms with Crippen LogP contribution in [0.5, 0.6) is 5.75 Å². The van der Waals surface area contributed by atoms with E-state index in [1.165, 1.54) is 0 Å². The molecule has 0 atom stereocenters. The number of aryl methyl sites for hydroxylation is 2. The van der Waals surface area contributed by atoms with Gasteiger partial charge in [0, 0.05) is 6.54 Å². The zero-order valence-electron chi connectivity index (χ0n) is 14.0. The quantitative estimate of drug-likeness (QED) is 0.831. The molecule has 0 aliphatic rings. The van der Waals surface area contributed by atoms with E-state index in [2.05, 4.69) is 19.2 Å². The van der Waals surface area contributed by atoms with E-state index in [-0.39, 0.29) is 18.1 Å². The predicted molar refractivity (Wildman–Crippen MR) is 89.8 cm³/mol. The molecule has 1 heterocycles. The van der Waals surface area contributed by atoms with E-state index in [1.54, 1.807) is 19.1 Å². The fraction of sp³-hybridized carbons (Fsp3) is 0.444. The van der Waals surface area contributed by atoms with Gasteiger partial charge in [-0.3, -0.25) is 4.79 Å². The Morgan fingerprint density at radius 1 is 1.30 bits per heavy atom. The number of rotatable bonds is 5. The molecule has 0 saturated carbocycles. The minimum absolute atomic E-state index is 0.0461. The van der Waals surface area contributed by atoms with E-state index < -0.39 is 5.63 Å². The summed E-state index contributed by atoms with van der Waals surface area (Å²) in [5.74, 6) is 0.345. The van der Waals surface area contributed by atoms with Crippen molar-refractivity contribution in [3.63, 3.8) is 0 Å². The summed E-state index contributed by atoms with van der Waals surface area (Å²) in [6, 6.07) is 3.32. The molecule has 0 saturated heterocycles. The second kappa shape index (κ2) is 6.86. The zero-order valence-corrected chi connectivity index (χ0v) is 14.0. The molecule has 0 radical (unpaired) electrons. The van der Waals surface area contributed by atoms with Crippen LogP contribution in [0.4, 0.5) is 0 Å². The Labute approximate surface area is 135 Å². The van der Waals surface area contributed by atoms with E-state index in [1.807, 2.05) is 6.92 Å². The van der Waals surface area contributed by atoms with Crippen LogP contribution >= 0.6 is 0 Å². The zero-order chi connectivity index (χ0) is 17.1. The second-order valence-corrected chi connectivity index (χ2v) is 6.36. The molecule has 1 aromatic carbocycles. The highest BCUT2D eigenvalue weighted by molar-refractivity contribution is 5.89. The van der Waals surface area contributed by atoms with Gasteiger partial charge in [-0.25, -0.2) is 4.79 Å². The van der Waals surface area contributed by atoms with E-state index in [0.717, 1.165) is 12.0 Å². The second-order valence-electron chi connectivity index (χ2n) is 6.36. The first kappa shape index (κ1) is 17.1. The Hall–Kier alpha value is -2.30. The molecule has 0 bridgehead atoms. The number of fused-ring (bicyclic) bond motifs is 1. The van der Waals surface area contributed by atoms with E-state index in [9.17, 15) is 14.7 Å². The van der Waals surface area contributed by atoms with Crippen LogP contribution in [0.2, 0.25) is 0 Å². The first-order valence-corrected chi connectivity index (χ1v) is 7.82. The van der Waals surface area contributed by atoms with Gasteiger partial charge in [-0.1, -0.05) is 13.8 Å². The predicted octanol–water partition coefficient (Wildman–Crippen LogP) is 2.82. The number of phenols is 1. The minimum atomic E-state index is -0.529. The lowest BCUT2D eigenvalue weighted by Crippen LogP contribution is -2.29. The Morgan fingerprint density at radius 3 is 2.65 bits per heavy atom. The van der Waals surface area contributed by atoms with Crippen molar-refractivity contribution in [2.45, 2.75) is 40.5 Å². The summed E-state index contributed by atoms with van der Waals surface area (Å²) in [4.78, 5) is 24.2. The van der Waals surface area contributed by atoms with Crippen molar-refractivity contribution >= 4 is 16.9 Å². The van der Waals surface area contributed by atoms with Crippen LogP contribution in [0.15, 0.2) is 21.3 Å². The number of hydrogen-bond acceptors (Lipinski definition) is 4. The summed E-state index contributed by atoms with van der Waals surface area (Å²) in [6.07, 6.45) is 0.840. The Kier molecular flexibility index (Phi) is 5.08. The SMILES string of the molecule is Cc1cc(O)c2c(C)c(CC(=O)NCCC(C)C)c(=O)oc2c1. The van der Waals surface area contributed by atoms with Crippen LogP contribution in [-0.4, -0.2) is 17.6 Å². The average molecular weight is 317 g/mol. The summed E-state index contributed by atoms with van der Waals surface area (Å²) in [7, 11) is 0. The highest BCUT2D eigenvalue weighted by atomic mass is 16.4. The van der Waals surface area contributed by atoms with Crippen LogP contribution in [0.3, 0.4) is 0 Å². The first-order valence-electron chi connectivity index (χ1n) is 7.82. The van der Waals surface area contributed by atoms with Gasteiger partial charge in [-0.2, -0.15) is 0 Å². The lowest BCUT2D eigenvalue weighted by molar-refractivity contribution is -0.120. The van der Waals surface area contributed by atoms with Crippen LogP contribution in [0.25, 0.3) is 11.0 Å². The molecule has 0 spiro atoms. The molecule has 1 aromatic heterocycles. The summed E-state index contributed by atoms with van der Waals surface area (Å²) in [5.41, 5.74) is 1.50. The maximum atomic E-state index is 12.2. The molecule has 2 aromatic rings. The number of hydrogen-bond donors (Lipinski definition) is 2. The molecule has 124 valence electrons. The molecule has 0 aliphatic heterocycles. The largest absolute Gasteiger partial charge is 0.507 e. The third-order valence-corrected chi connectivity index (χ3v) is 3.88. The van der Waals surface area contributed by atoms with Crippen molar-refractivity contribution in [3.05, 3.63) is 39.2 Å². The number of benzene rings is 1. The maximum Gasteiger partial charge on any atom is 0.340 e. The van der Waals surface area contributed by atoms with Crippen molar-refractivity contribution in [1.82, 2.24) is 5.32 Å². The number of phenolic OH excluding ortho intramolecular Hbond substituents is 1. The minimum Gasteiger partial charge on any atom is -0.507 e. The summed E-state index contributed by atoms with van der Waals surface area (Å²) in [5, 5.41) is 13.4. The van der Waals surface area contributed by atoms with Gasteiger partial charge in [0.1, 0.15) is 11.3 Å².